The van der Waals surface area contributed by atoms with E-state index in [1.807, 2.05) is 0 Å². The van der Waals surface area contributed by atoms with E-state index in [1.165, 1.54) is 24.4 Å². The van der Waals surface area contributed by atoms with Crippen LogP contribution in [-0.2, 0) is 4.79 Å². The molecule has 0 unspecified atom stereocenters. The lowest BCUT2D eigenvalue weighted by Crippen LogP contribution is -2.47. The van der Waals surface area contributed by atoms with E-state index < -0.39 is 18.0 Å². The third-order valence-corrected chi connectivity index (χ3v) is 2.50. The molecule has 1 aromatic carbocycles. The van der Waals surface area contributed by atoms with Gasteiger partial charge in [-0.1, -0.05) is 6.07 Å². The van der Waals surface area contributed by atoms with E-state index in [2.05, 4.69) is 4.98 Å². The van der Waals surface area contributed by atoms with Crippen molar-refractivity contribution in [3.05, 3.63) is 36.5 Å². The first-order valence-electron chi connectivity index (χ1n) is 5.32. The molecular formula is C12H7F5N2O. The summed E-state index contributed by atoms with van der Waals surface area (Å²) in [7, 11) is 0. The SMILES string of the molecule is O=C(Nc1ccc2ncccc2c1)C(F)(F)C(F)(F)F. The average Bonchev–Trinajstić information content (AvgIpc) is 2.37. The number of nitrogens with zero attached hydrogens (tertiary/aromatic N) is 1. The molecule has 0 aliphatic rings. The summed E-state index contributed by atoms with van der Waals surface area (Å²) in [6.07, 6.45) is -4.44. The normalized spacial score (nSPS) is 12.4. The second-order valence-electron chi connectivity index (χ2n) is 3.94. The van der Waals surface area contributed by atoms with E-state index in [1.54, 1.807) is 17.4 Å². The molecule has 8 heteroatoms. The summed E-state index contributed by atoms with van der Waals surface area (Å²) in [4.78, 5) is 15.0. The van der Waals surface area contributed by atoms with Crippen LogP contribution < -0.4 is 5.32 Å². The highest BCUT2D eigenvalue weighted by Gasteiger charge is 2.63. The van der Waals surface area contributed by atoms with Crippen molar-refractivity contribution >= 4 is 22.5 Å². The number of fused-ring (bicyclic) bond motifs is 1. The van der Waals surface area contributed by atoms with E-state index in [0.717, 1.165) is 0 Å². The Balaban J connectivity index is 2.26. The lowest BCUT2D eigenvalue weighted by Gasteiger charge is -2.18. The summed E-state index contributed by atoms with van der Waals surface area (Å²) in [6, 6.07) is 7.00. The number of benzene rings is 1. The molecule has 106 valence electrons. The second-order valence-corrected chi connectivity index (χ2v) is 3.94. The highest BCUT2D eigenvalue weighted by Crippen LogP contribution is 2.36. The zero-order chi connectivity index (χ0) is 15.0. The van der Waals surface area contributed by atoms with Gasteiger partial charge in [-0.3, -0.25) is 9.78 Å². The van der Waals surface area contributed by atoms with Crippen LogP contribution in [0.1, 0.15) is 0 Å². The Labute approximate surface area is 109 Å². The highest BCUT2D eigenvalue weighted by atomic mass is 19.4. The zero-order valence-corrected chi connectivity index (χ0v) is 9.71. The van der Waals surface area contributed by atoms with Gasteiger partial charge in [-0.2, -0.15) is 22.0 Å². The summed E-state index contributed by atoms with van der Waals surface area (Å²) in [5.41, 5.74) is 0.354. The third-order valence-electron chi connectivity index (χ3n) is 2.50. The third kappa shape index (κ3) is 2.54. The van der Waals surface area contributed by atoms with E-state index >= 15 is 0 Å². The molecule has 1 amide bonds. The van der Waals surface area contributed by atoms with Gasteiger partial charge >= 0.3 is 18.0 Å². The van der Waals surface area contributed by atoms with E-state index in [4.69, 9.17) is 0 Å². The fraction of sp³-hybridized carbons (Fsp3) is 0.167. The van der Waals surface area contributed by atoms with Gasteiger partial charge in [0.2, 0.25) is 0 Å². The molecule has 0 aliphatic heterocycles. The minimum absolute atomic E-state index is 0.167. The molecular weight excluding hydrogens is 283 g/mol. The number of alkyl halides is 5. The van der Waals surface area contributed by atoms with Gasteiger partial charge in [0.25, 0.3) is 0 Å². The van der Waals surface area contributed by atoms with Crippen molar-refractivity contribution in [2.45, 2.75) is 12.1 Å². The molecule has 0 bridgehead atoms. The minimum atomic E-state index is -5.94. The van der Waals surface area contributed by atoms with Crippen LogP contribution in [0.2, 0.25) is 0 Å². The van der Waals surface area contributed by atoms with Crippen LogP contribution in [0.15, 0.2) is 36.5 Å². The lowest BCUT2D eigenvalue weighted by atomic mass is 10.2. The Hall–Kier alpha value is -2.25. The van der Waals surface area contributed by atoms with Crippen molar-refractivity contribution in [1.29, 1.82) is 0 Å². The average molecular weight is 290 g/mol. The number of pyridine rings is 1. The van der Waals surface area contributed by atoms with E-state index in [0.29, 0.717) is 10.9 Å². The van der Waals surface area contributed by atoms with Gasteiger partial charge < -0.3 is 5.32 Å². The van der Waals surface area contributed by atoms with Crippen LogP contribution in [0, 0.1) is 0 Å². The first kappa shape index (κ1) is 14.2. The predicted molar refractivity (Wildman–Crippen MR) is 61.4 cm³/mol. The number of anilines is 1. The number of aromatic nitrogens is 1. The molecule has 1 aromatic heterocycles. The van der Waals surface area contributed by atoms with E-state index in [-0.39, 0.29) is 5.69 Å². The Morgan fingerprint density at radius 2 is 1.80 bits per heavy atom. The van der Waals surface area contributed by atoms with Crippen molar-refractivity contribution in [1.82, 2.24) is 4.98 Å². The summed E-state index contributed by atoms with van der Waals surface area (Å²) < 4.78 is 61.6. The van der Waals surface area contributed by atoms with Gasteiger partial charge in [0.1, 0.15) is 0 Å². The van der Waals surface area contributed by atoms with Crippen molar-refractivity contribution in [3.63, 3.8) is 0 Å². The molecule has 0 spiro atoms. The summed E-state index contributed by atoms with van der Waals surface area (Å²) in [5.74, 6) is -7.87. The molecule has 20 heavy (non-hydrogen) atoms. The standard InChI is InChI=1S/C12H7F5N2O/c13-11(14,12(15,16)17)10(20)19-8-3-4-9-7(6-8)2-1-5-18-9/h1-6H,(H,19,20). The molecule has 0 radical (unpaired) electrons. The quantitative estimate of drug-likeness (QED) is 0.862. The highest BCUT2D eigenvalue weighted by molar-refractivity contribution is 5.98. The van der Waals surface area contributed by atoms with Crippen LogP contribution in [0.5, 0.6) is 0 Å². The Morgan fingerprint density at radius 3 is 2.45 bits per heavy atom. The molecule has 1 N–H and O–H groups in total. The number of halogens is 5. The number of hydrogen-bond donors (Lipinski definition) is 1. The number of carbonyl (C=O) groups excluding carboxylic acids is 1. The van der Waals surface area contributed by atoms with Crippen LogP contribution in [0.3, 0.4) is 0 Å². The van der Waals surface area contributed by atoms with Gasteiger partial charge in [0.15, 0.2) is 0 Å². The minimum Gasteiger partial charge on any atom is -0.321 e. The summed E-state index contributed by atoms with van der Waals surface area (Å²) >= 11 is 0. The fourth-order valence-electron chi connectivity index (χ4n) is 1.49. The molecule has 1 heterocycles. The maximum atomic E-state index is 12.8. The predicted octanol–water partition coefficient (Wildman–Crippen LogP) is 3.37. The fourth-order valence-corrected chi connectivity index (χ4v) is 1.49. The monoisotopic (exact) mass is 290 g/mol. The molecule has 0 fully saturated rings. The zero-order valence-electron chi connectivity index (χ0n) is 9.71. The first-order chi connectivity index (χ1) is 9.22. The lowest BCUT2D eigenvalue weighted by molar-refractivity contribution is -0.267. The Morgan fingerprint density at radius 1 is 1.10 bits per heavy atom. The van der Waals surface area contributed by atoms with Crippen LogP contribution in [-0.4, -0.2) is 23.0 Å². The van der Waals surface area contributed by atoms with Gasteiger partial charge in [-0.25, -0.2) is 0 Å². The van der Waals surface area contributed by atoms with Gasteiger partial charge in [-0.05, 0) is 24.3 Å². The van der Waals surface area contributed by atoms with Crippen LogP contribution in [0.25, 0.3) is 10.9 Å². The molecule has 0 saturated carbocycles. The topological polar surface area (TPSA) is 42.0 Å². The largest absolute Gasteiger partial charge is 0.463 e. The maximum Gasteiger partial charge on any atom is 0.463 e. The molecule has 2 rings (SSSR count). The van der Waals surface area contributed by atoms with Crippen LogP contribution >= 0.6 is 0 Å². The number of amides is 1. The van der Waals surface area contributed by atoms with Crippen molar-refractivity contribution in [3.8, 4) is 0 Å². The first-order valence-corrected chi connectivity index (χ1v) is 5.32. The number of carbonyl (C=O) groups is 1. The molecule has 0 atom stereocenters. The second kappa shape index (κ2) is 4.69. The summed E-state index contributed by atoms with van der Waals surface area (Å²) in [5, 5.41) is 2.04. The van der Waals surface area contributed by atoms with Gasteiger partial charge in [0.05, 0.1) is 5.52 Å². The van der Waals surface area contributed by atoms with Crippen LogP contribution in [0.4, 0.5) is 27.6 Å². The summed E-state index contributed by atoms with van der Waals surface area (Å²) in [6.45, 7) is 0. The smallest absolute Gasteiger partial charge is 0.321 e. The molecule has 0 saturated heterocycles. The molecule has 2 aromatic rings. The van der Waals surface area contributed by atoms with Gasteiger partial charge in [0, 0.05) is 17.3 Å². The van der Waals surface area contributed by atoms with E-state index in [9.17, 15) is 26.7 Å². The maximum absolute atomic E-state index is 12.8. The number of hydrogen-bond acceptors (Lipinski definition) is 2. The van der Waals surface area contributed by atoms with Crippen molar-refractivity contribution in [2.24, 2.45) is 0 Å². The molecule has 0 aliphatic carbocycles. The van der Waals surface area contributed by atoms with Gasteiger partial charge in [-0.15, -0.1) is 0 Å². The number of rotatable bonds is 2. The Kier molecular flexibility index (Phi) is 3.33. The number of nitrogens with one attached hydrogen (secondary N) is 1. The molecule has 3 nitrogen and oxygen atoms in total. The van der Waals surface area contributed by atoms with Crippen molar-refractivity contribution < 1.29 is 26.7 Å². The Bertz CT molecular complexity index is 654. The van der Waals surface area contributed by atoms with Crippen molar-refractivity contribution in [2.75, 3.05) is 5.32 Å².